The van der Waals surface area contributed by atoms with Crippen molar-refractivity contribution in [1.82, 2.24) is 15.3 Å². The highest BCUT2D eigenvalue weighted by Crippen LogP contribution is 2.20. The highest BCUT2D eigenvalue weighted by atomic mass is 16.5. The number of benzene rings is 2. The summed E-state index contributed by atoms with van der Waals surface area (Å²) in [6.45, 7) is 1.97. The van der Waals surface area contributed by atoms with Crippen molar-refractivity contribution < 1.29 is 14.3 Å². The summed E-state index contributed by atoms with van der Waals surface area (Å²) < 4.78 is 5.54. The molecule has 0 aliphatic carbocycles. The van der Waals surface area contributed by atoms with E-state index in [1.165, 1.54) is 0 Å². The van der Waals surface area contributed by atoms with Crippen LogP contribution in [0.15, 0.2) is 73.1 Å². The molecule has 0 saturated heterocycles. The number of nitrogens with one attached hydrogen (secondary N) is 2. The van der Waals surface area contributed by atoms with E-state index in [0.29, 0.717) is 17.9 Å². The van der Waals surface area contributed by atoms with Crippen LogP contribution in [0.4, 0.5) is 5.69 Å². The fourth-order valence-electron chi connectivity index (χ4n) is 2.86. The van der Waals surface area contributed by atoms with E-state index >= 15 is 0 Å². The lowest BCUT2D eigenvalue weighted by Gasteiger charge is -2.18. The van der Waals surface area contributed by atoms with Gasteiger partial charge in [-0.1, -0.05) is 43.7 Å². The molecule has 0 saturated carbocycles. The van der Waals surface area contributed by atoms with Crippen LogP contribution in [0.1, 0.15) is 25.3 Å². The van der Waals surface area contributed by atoms with Gasteiger partial charge in [0.25, 0.3) is 0 Å². The first-order valence-corrected chi connectivity index (χ1v) is 9.83. The average Bonchev–Trinajstić information content (AvgIpc) is 2.76. The minimum absolute atomic E-state index is 0.179. The molecule has 2 amide bonds. The summed E-state index contributed by atoms with van der Waals surface area (Å²) in [7, 11) is 0. The van der Waals surface area contributed by atoms with Crippen LogP contribution in [-0.2, 0) is 16.0 Å². The molecule has 0 radical (unpaired) electrons. The summed E-state index contributed by atoms with van der Waals surface area (Å²) in [4.78, 5) is 33.0. The molecule has 7 heteroatoms. The number of hydrogen-bond donors (Lipinski definition) is 2. The summed E-state index contributed by atoms with van der Waals surface area (Å²) in [5.41, 5.74) is 1.52. The van der Waals surface area contributed by atoms with E-state index in [4.69, 9.17) is 4.74 Å². The summed E-state index contributed by atoms with van der Waals surface area (Å²) in [5.74, 6) is 0.125. The number of carbonyl (C=O) groups excluding carboxylic acids is 2. The summed E-state index contributed by atoms with van der Waals surface area (Å²) in [5, 5.41) is 5.68. The molecule has 0 fully saturated rings. The van der Waals surface area contributed by atoms with Gasteiger partial charge in [0.1, 0.15) is 11.8 Å². The van der Waals surface area contributed by atoms with Crippen LogP contribution < -0.4 is 15.4 Å². The SMILES string of the molecule is CCC[C@@H](NC(=O)Cc1ccccc1)C(=O)Nc1ccc(Oc2ncccn2)cc1. The van der Waals surface area contributed by atoms with Gasteiger partial charge < -0.3 is 15.4 Å². The average molecular weight is 404 g/mol. The maximum absolute atomic E-state index is 12.7. The van der Waals surface area contributed by atoms with Gasteiger partial charge in [-0.25, -0.2) is 9.97 Å². The predicted molar refractivity (Wildman–Crippen MR) is 114 cm³/mol. The Hall–Kier alpha value is -3.74. The molecule has 0 unspecified atom stereocenters. The fourth-order valence-corrected chi connectivity index (χ4v) is 2.86. The Morgan fingerprint density at radius 2 is 1.67 bits per heavy atom. The molecule has 3 rings (SSSR count). The van der Waals surface area contributed by atoms with E-state index in [0.717, 1.165) is 12.0 Å². The maximum atomic E-state index is 12.7. The van der Waals surface area contributed by atoms with Gasteiger partial charge in [-0.3, -0.25) is 9.59 Å². The van der Waals surface area contributed by atoms with Gasteiger partial charge in [-0.15, -0.1) is 0 Å². The monoisotopic (exact) mass is 404 g/mol. The van der Waals surface area contributed by atoms with Crippen LogP contribution in [0, 0.1) is 0 Å². The molecule has 2 N–H and O–H groups in total. The van der Waals surface area contributed by atoms with Gasteiger partial charge in [0.2, 0.25) is 11.8 Å². The first-order valence-electron chi connectivity index (χ1n) is 9.83. The normalized spacial score (nSPS) is 11.4. The fraction of sp³-hybridized carbons (Fsp3) is 0.217. The van der Waals surface area contributed by atoms with Crippen molar-refractivity contribution in [1.29, 1.82) is 0 Å². The van der Waals surface area contributed by atoms with Crippen LogP contribution in [0.25, 0.3) is 0 Å². The zero-order valence-electron chi connectivity index (χ0n) is 16.7. The minimum Gasteiger partial charge on any atom is -0.424 e. The van der Waals surface area contributed by atoms with Crippen LogP contribution in [0.5, 0.6) is 11.8 Å². The molecule has 30 heavy (non-hydrogen) atoms. The lowest BCUT2D eigenvalue weighted by Crippen LogP contribution is -2.44. The van der Waals surface area contributed by atoms with Gasteiger partial charge in [0.15, 0.2) is 0 Å². The molecule has 0 aliphatic rings. The molecular weight excluding hydrogens is 380 g/mol. The third-order valence-corrected chi connectivity index (χ3v) is 4.31. The van der Waals surface area contributed by atoms with Crippen molar-refractivity contribution in [3.05, 3.63) is 78.6 Å². The van der Waals surface area contributed by atoms with Crippen molar-refractivity contribution >= 4 is 17.5 Å². The number of aromatic nitrogens is 2. The Labute approximate surface area is 175 Å². The highest BCUT2D eigenvalue weighted by Gasteiger charge is 2.20. The molecular formula is C23H24N4O3. The van der Waals surface area contributed by atoms with E-state index in [-0.39, 0.29) is 24.2 Å². The third-order valence-electron chi connectivity index (χ3n) is 4.31. The number of hydrogen-bond acceptors (Lipinski definition) is 5. The van der Waals surface area contributed by atoms with Crippen molar-refractivity contribution in [2.75, 3.05) is 5.32 Å². The largest absolute Gasteiger partial charge is 0.424 e. The molecule has 1 atom stereocenters. The Morgan fingerprint density at radius 1 is 0.967 bits per heavy atom. The molecule has 2 aromatic carbocycles. The zero-order valence-corrected chi connectivity index (χ0v) is 16.7. The second kappa shape index (κ2) is 10.7. The lowest BCUT2D eigenvalue weighted by atomic mass is 10.1. The van der Waals surface area contributed by atoms with Gasteiger partial charge in [-0.05, 0) is 42.3 Å². The van der Waals surface area contributed by atoms with Gasteiger partial charge >= 0.3 is 6.01 Å². The quantitative estimate of drug-likeness (QED) is 0.567. The molecule has 0 aliphatic heterocycles. The number of anilines is 1. The first kappa shape index (κ1) is 21.0. The second-order valence-electron chi connectivity index (χ2n) is 6.72. The first-order chi connectivity index (χ1) is 14.6. The van der Waals surface area contributed by atoms with E-state index in [1.54, 1.807) is 42.7 Å². The van der Waals surface area contributed by atoms with Crippen molar-refractivity contribution in [3.63, 3.8) is 0 Å². The molecule has 7 nitrogen and oxygen atoms in total. The summed E-state index contributed by atoms with van der Waals surface area (Å²) >= 11 is 0. The van der Waals surface area contributed by atoms with E-state index in [1.807, 2.05) is 37.3 Å². The molecule has 1 heterocycles. The topological polar surface area (TPSA) is 93.2 Å². The smallest absolute Gasteiger partial charge is 0.321 e. The Kier molecular flexibility index (Phi) is 7.49. The van der Waals surface area contributed by atoms with Crippen LogP contribution in [0.2, 0.25) is 0 Å². The number of amides is 2. The molecule has 154 valence electrons. The summed E-state index contributed by atoms with van der Waals surface area (Å²) in [6, 6.07) is 17.7. The number of rotatable bonds is 9. The van der Waals surface area contributed by atoms with Crippen molar-refractivity contribution in [2.45, 2.75) is 32.2 Å². The van der Waals surface area contributed by atoms with Gasteiger partial charge in [-0.2, -0.15) is 0 Å². The molecule has 0 bridgehead atoms. The molecule has 0 spiro atoms. The minimum atomic E-state index is -0.597. The Bertz CT molecular complexity index is 947. The van der Waals surface area contributed by atoms with Crippen molar-refractivity contribution in [3.8, 4) is 11.8 Å². The highest BCUT2D eigenvalue weighted by molar-refractivity contribution is 5.97. The second-order valence-corrected chi connectivity index (χ2v) is 6.72. The molecule has 3 aromatic rings. The standard InChI is InChI=1S/C23H24N4O3/c1-2-7-20(27-21(28)16-17-8-4-3-5-9-17)22(29)26-18-10-12-19(13-11-18)30-23-24-14-6-15-25-23/h3-6,8-15,20H,2,7,16H2,1H3,(H,26,29)(H,27,28)/t20-/m1/s1. The van der Waals surface area contributed by atoms with Crippen LogP contribution >= 0.6 is 0 Å². The van der Waals surface area contributed by atoms with E-state index in [2.05, 4.69) is 20.6 Å². The predicted octanol–water partition coefficient (Wildman–Crippen LogP) is 3.74. The molecule has 1 aromatic heterocycles. The van der Waals surface area contributed by atoms with Crippen LogP contribution in [0.3, 0.4) is 0 Å². The van der Waals surface area contributed by atoms with E-state index in [9.17, 15) is 9.59 Å². The zero-order chi connectivity index (χ0) is 21.2. The maximum Gasteiger partial charge on any atom is 0.321 e. The summed E-state index contributed by atoms with van der Waals surface area (Å²) in [6.07, 6.45) is 4.75. The lowest BCUT2D eigenvalue weighted by molar-refractivity contribution is -0.126. The van der Waals surface area contributed by atoms with Crippen LogP contribution in [-0.4, -0.2) is 27.8 Å². The Morgan fingerprint density at radius 3 is 2.33 bits per heavy atom. The number of ether oxygens (including phenoxy) is 1. The number of carbonyl (C=O) groups is 2. The van der Waals surface area contributed by atoms with Crippen molar-refractivity contribution in [2.24, 2.45) is 0 Å². The van der Waals surface area contributed by atoms with E-state index < -0.39 is 6.04 Å². The number of nitrogens with zero attached hydrogens (tertiary/aromatic N) is 2. The van der Waals surface area contributed by atoms with Gasteiger partial charge in [0.05, 0.1) is 6.42 Å². The Balaban J connectivity index is 1.56. The third kappa shape index (κ3) is 6.41. The van der Waals surface area contributed by atoms with Gasteiger partial charge in [0, 0.05) is 18.1 Å².